The molecule has 2 aromatic rings. The zero-order chi connectivity index (χ0) is 15.5. The van der Waals surface area contributed by atoms with Crippen LogP contribution in [0.1, 0.15) is 10.5 Å². The van der Waals surface area contributed by atoms with E-state index in [0.29, 0.717) is 48.7 Å². The predicted octanol–water partition coefficient (Wildman–Crippen LogP) is 2.35. The fourth-order valence-corrected chi connectivity index (χ4v) is 2.48. The number of imidazole rings is 1. The van der Waals surface area contributed by atoms with Gasteiger partial charge in [-0.25, -0.2) is 9.78 Å². The summed E-state index contributed by atoms with van der Waals surface area (Å²) in [7, 11) is 1.36. The van der Waals surface area contributed by atoms with E-state index in [-0.39, 0.29) is 0 Å². The standard InChI is InChI=1S/C15H16ClN3O3/c1-21-15(20)12-14(19-6-8-22-9-7-19)18-13(17-12)10-2-4-11(16)5-3-10/h2-5H,6-9H2,1H3,(H,17,18). The first-order valence-corrected chi connectivity index (χ1v) is 7.34. The highest BCUT2D eigenvalue weighted by Crippen LogP contribution is 2.26. The van der Waals surface area contributed by atoms with Crippen LogP contribution in [0.2, 0.25) is 5.02 Å². The molecule has 1 aromatic carbocycles. The van der Waals surface area contributed by atoms with Crippen LogP contribution in [0.25, 0.3) is 11.4 Å². The van der Waals surface area contributed by atoms with Crippen LogP contribution in [0.15, 0.2) is 24.3 Å². The molecule has 0 radical (unpaired) electrons. The van der Waals surface area contributed by atoms with Crippen LogP contribution >= 0.6 is 11.6 Å². The molecule has 0 atom stereocenters. The highest BCUT2D eigenvalue weighted by molar-refractivity contribution is 6.30. The second-order valence-corrected chi connectivity index (χ2v) is 5.32. The summed E-state index contributed by atoms with van der Waals surface area (Å²) in [6.45, 7) is 2.61. The van der Waals surface area contributed by atoms with Crippen molar-refractivity contribution in [1.82, 2.24) is 9.97 Å². The van der Waals surface area contributed by atoms with Gasteiger partial charge in [-0.05, 0) is 24.3 Å². The van der Waals surface area contributed by atoms with Crippen molar-refractivity contribution in [3.63, 3.8) is 0 Å². The number of benzene rings is 1. The van der Waals surface area contributed by atoms with Gasteiger partial charge in [0.15, 0.2) is 11.5 Å². The van der Waals surface area contributed by atoms with Crippen molar-refractivity contribution in [2.24, 2.45) is 0 Å². The third-order valence-electron chi connectivity index (χ3n) is 3.50. The number of morpholine rings is 1. The van der Waals surface area contributed by atoms with Gasteiger partial charge in [0, 0.05) is 23.7 Å². The molecule has 1 fully saturated rings. The van der Waals surface area contributed by atoms with E-state index >= 15 is 0 Å². The number of anilines is 1. The van der Waals surface area contributed by atoms with E-state index in [1.54, 1.807) is 12.1 Å². The molecule has 0 amide bonds. The summed E-state index contributed by atoms with van der Waals surface area (Å²) in [5.41, 5.74) is 1.21. The highest BCUT2D eigenvalue weighted by atomic mass is 35.5. The van der Waals surface area contributed by atoms with Crippen LogP contribution in [0, 0.1) is 0 Å². The number of methoxy groups -OCH3 is 1. The number of carbonyl (C=O) groups excluding carboxylic acids is 1. The number of aromatic nitrogens is 2. The summed E-state index contributed by atoms with van der Waals surface area (Å²) in [5, 5.41) is 0.650. The fraction of sp³-hybridized carbons (Fsp3) is 0.333. The highest BCUT2D eigenvalue weighted by Gasteiger charge is 2.24. The van der Waals surface area contributed by atoms with Crippen LogP contribution in [0.4, 0.5) is 5.82 Å². The minimum Gasteiger partial charge on any atom is -0.464 e. The minimum atomic E-state index is -0.436. The van der Waals surface area contributed by atoms with E-state index in [4.69, 9.17) is 21.1 Å². The molecule has 2 heterocycles. The van der Waals surface area contributed by atoms with Crippen molar-refractivity contribution in [3.8, 4) is 11.4 Å². The first-order valence-electron chi connectivity index (χ1n) is 6.96. The third-order valence-corrected chi connectivity index (χ3v) is 3.75. The molecule has 0 bridgehead atoms. The molecule has 22 heavy (non-hydrogen) atoms. The first-order chi connectivity index (χ1) is 10.7. The van der Waals surface area contributed by atoms with E-state index in [1.807, 2.05) is 17.0 Å². The maximum Gasteiger partial charge on any atom is 0.358 e. The molecule has 0 aliphatic carbocycles. The van der Waals surface area contributed by atoms with E-state index in [0.717, 1.165) is 5.56 Å². The lowest BCUT2D eigenvalue weighted by Gasteiger charge is -2.27. The summed E-state index contributed by atoms with van der Waals surface area (Å²) in [6.07, 6.45) is 0. The Balaban J connectivity index is 2.00. The van der Waals surface area contributed by atoms with Crippen molar-refractivity contribution >= 4 is 23.4 Å². The Labute approximate surface area is 133 Å². The molecule has 0 unspecified atom stereocenters. The van der Waals surface area contributed by atoms with Crippen LogP contribution in [0.3, 0.4) is 0 Å². The van der Waals surface area contributed by atoms with Crippen molar-refractivity contribution in [1.29, 1.82) is 0 Å². The summed E-state index contributed by atoms with van der Waals surface area (Å²) in [5.74, 6) is 0.771. The number of halogens is 1. The molecule has 1 saturated heterocycles. The zero-order valence-corrected chi connectivity index (χ0v) is 12.9. The Morgan fingerprint density at radius 2 is 2.00 bits per heavy atom. The van der Waals surface area contributed by atoms with E-state index in [9.17, 15) is 4.79 Å². The van der Waals surface area contributed by atoms with Crippen molar-refractivity contribution < 1.29 is 14.3 Å². The maximum atomic E-state index is 12.0. The van der Waals surface area contributed by atoms with Crippen LogP contribution in [0.5, 0.6) is 0 Å². The summed E-state index contributed by atoms with van der Waals surface area (Å²) in [4.78, 5) is 21.7. The van der Waals surface area contributed by atoms with Crippen molar-refractivity contribution in [2.45, 2.75) is 0 Å². The van der Waals surface area contributed by atoms with Gasteiger partial charge in [0.25, 0.3) is 0 Å². The largest absolute Gasteiger partial charge is 0.464 e. The number of nitrogens with zero attached hydrogens (tertiary/aromatic N) is 2. The maximum absolute atomic E-state index is 12.0. The van der Waals surface area contributed by atoms with Gasteiger partial charge < -0.3 is 19.4 Å². The van der Waals surface area contributed by atoms with Crippen molar-refractivity contribution in [3.05, 3.63) is 35.0 Å². The number of ether oxygens (including phenoxy) is 2. The Morgan fingerprint density at radius 3 is 2.64 bits per heavy atom. The molecular weight excluding hydrogens is 306 g/mol. The summed E-state index contributed by atoms with van der Waals surface area (Å²) in [6, 6.07) is 7.27. The molecule has 1 aliphatic rings. The Hall–Kier alpha value is -2.05. The molecule has 116 valence electrons. The first kappa shape index (κ1) is 14.9. The molecular formula is C15H16ClN3O3. The summed E-state index contributed by atoms with van der Waals surface area (Å²) >= 11 is 5.90. The lowest BCUT2D eigenvalue weighted by molar-refractivity contribution is 0.0594. The molecule has 0 spiro atoms. The smallest absolute Gasteiger partial charge is 0.358 e. The van der Waals surface area contributed by atoms with E-state index in [2.05, 4.69) is 9.97 Å². The molecule has 3 rings (SSSR count). The average Bonchev–Trinajstić information content (AvgIpc) is 3.01. The average molecular weight is 322 g/mol. The van der Waals surface area contributed by atoms with Crippen LogP contribution in [-0.2, 0) is 9.47 Å². The lowest BCUT2D eigenvalue weighted by atomic mass is 10.2. The number of rotatable bonds is 3. The number of H-pyrrole nitrogens is 1. The lowest BCUT2D eigenvalue weighted by Crippen LogP contribution is -2.37. The van der Waals surface area contributed by atoms with Crippen LogP contribution in [-0.4, -0.2) is 49.4 Å². The van der Waals surface area contributed by atoms with Gasteiger partial charge in [-0.1, -0.05) is 11.6 Å². The Bertz CT molecular complexity index is 663. The topological polar surface area (TPSA) is 67.5 Å². The van der Waals surface area contributed by atoms with Gasteiger partial charge in [-0.15, -0.1) is 0 Å². The van der Waals surface area contributed by atoms with Gasteiger partial charge in [0.1, 0.15) is 5.82 Å². The third kappa shape index (κ3) is 2.93. The zero-order valence-electron chi connectivity index (χ0n) is 12.1. The Morgan fingerprint density at radius 1 is 1.32 bits per heavy atom. The number of nitrogens with one attached hydrogen (secondary N) is 1. The van der Waals surface area contributed by atoms with Gasteiger partial charge >= 0.3 is 5.97 Å². The van der Waals surface area contributed by atoms with E-state index < -0.39 is 5.97 Å². The number of aromatic amines is 1. The fourth-order valence-electron chi connectivity index (χ4n) is 2.36. The number of hydrogen-bond acceptors (Lipinski definition) is 5. The normalized spacial score (nSPS) is 14.9. The quantitative estimate of drug-likeness (QED) is 0.879. The van der Waals surface area contributed by atoms with Gasteiger partial charge in [0.2, 0.25) is 0 Å². The predicted molar refractivity (Wildman–Crippen MR) is 83.4 cm³/mol. The molecule has 7 heteroatoms. The SMILES string of the molecule is COC(=O)c1[nH]c(-c2ccc(Cl)cc2)nc1N1CCOCC1. The molecule has 1 aliphatic heterocycles. The van der Waals surface area contributed by atoms with Crippen LogP contribution < -0.4 is 4.90 Å². The molecule has 1 N–H and O–H groups in total. The van der Waals surface area contributed by atoms with Gasteiger partial charge in [-0.2, -0.15) is 0 Å². The Kier molecular flexibility index (Phi) is 4.31. The molecule has 1 aromatic heterocycles. The minimum absolute atomic E-state index is 0.356. The molecule has 6 nitrogen and oxygen atoms in total. The summed E-state index contributed by atoms with van der Waals surface area (Å²) < 4.78 is 10.2. The number of carbonyl (C=O) groups is 1. The second-order valence-electron chi connectivity index (χ2n) is 4.88. The second kappa shape index (κ2) is 6.37. The number of esters is 1. The van der Waals surface area contributed by atoms with Gasteiger partial charge in [-0.3, -0.25) is 0 Å². The number of hydrogen-bond donors (Lipinski definition) is 1. The van der Waals surface area contributed by atoms with Crippen molar-refractivity contribution in [2.75, 3.05) is 38.3 Å². The van der Waals surface area contributed by atoms with E-state index in [1.165, 1.54) is 7.11 Å². The monoisotopic (exact) mass is 321 g/mol. The molecule has 0 saturated carbocycles. The van der Waals surface area contributed by atoms with Gasteiger partial charge in [0.05, 0.1) is 20.3 Å².